The molecule has 5 nitrogen and oxygen atoms in total. The number of hydrogen-bond donors (Lipinski definition) is 1. The highest BCUT2D eigenvalue weighted by atomic mass is 32.2. The summed E-state index contributed by atoms with van der Waals surface area (Å²) in [6, 6.07) is 5.61. The van der Waals surface area contributed by atoms with Crippen LogP contribution in [0.3, 0.4) is 0 Å². The second-order valence-electron chi connectivity index (χ2n) is 4.66. The summed E-state index contributed by atoms with van der Waals surface area (Å²) in [5.41, 5.74) is 0. The minimum atomic E-state index is -3.40. The molecule has 1 N–H and O–H groups in total. The number of hydrogen-bond acceptors (Lipinski definition) is 3. The quantitative estimate of drug-likeness (QED) is 0.811. The molecule has 0 amide bonds. The minimum Gasteiger partial charge on any atom is -0.492 e. The first-order valence-electron chi connectivity index (χ1n) is 6.71. The van der Waals surface area contributed by atoms with Crippen molar-refractivity contribution < 1.29 is 17.5 Å². The highest BCUT2D eigenvalue weighted by Gasteiger charge is 2.22. The molecule has 0 saturated carbocycles. The molecule has 20 heavy (non-hydrogen) atoms. The van der Waals surface area contributed by atoms with E-state index in [0.717, 1.165) is 19.3 Å². The van der Waals surface area contributed by atoms with Crippen LogP contribution in [0.4, 0.5) is 4.39 Å². The van der Waals surface area contributed by atoms with E-state index in [9.17, 15) is 12.8 Å². The lowest BCUT2D eigenvalue weighted by Crippen LogP contribution is -2.44. The van der Waals surface area contributed by atoms with Gasteiger partial charge in [-0.25, -0.2) is 4.39 Å². The van der Waals surface area contributed by atoms with Crippen molar-refractivity contribution in [2.75, 3.05) is 26.2 Å². The van der Waals surface area contributed by atoms with Crippen LogP contribution in [0.5, 0.6) is 5.75 Å². The molecule has 1 heterocycles. The molecule has 1 aliphatic heterocycles. The maximum Gasteiger partial charge on any atom is 0.279 e. The van der Waals surface area contributed by atoms with Crippen molar-refractivity contribution >= 4 is 10.2 Å². The molecular formula is C13H19FN2O3S. The van der Waals surface area contributed by atoms with Crippen molar-refractivity contribution in [3.63, 3.8) is 0 Å². The molecule has 0 radical (unpaired) electrons. The Bertz CT molecular complexity index is 513. The largest absolute Gasteiger partial charge is 0.492 e. The fourth-order valence-electron chi connectivity index (χ4n) is 2.07. The third kappa shape index (κ3) is 4.43. The number of nitrogens with zero attached hydrogens (tertiary/aromatic N) is 1. The van der Waals surface area contributed by atoms with E-state index in [1.54, 1.807) is 0 Å². The van der Waals surface area contributed by atoms with Gasteiger partial charge in [0.1, 0.15) is 18.2 Å². The Hall–Kier alpha value is -1.18. The third-order valence-corrected chi connectivity index (χ3v) is 4.74. The molecule has 1 aromatic carbocycles. The second kappa shape index (κ2) is 7.01. The Morgan fingerprint density at radius 1 is 1.15 bits per heavy atom. The summed E-state index contributed by atoms with van der Waals surface area (Å²) in [6.07, 6.45) is 2.90. The van der Waals surface area contributed by atoms with Crippen molar-refractivity contribution in [1.29, 1.82) is 0 Å². The topological polar surface area (TPSA) is 58.6 Å². The van der Waals surface area contributed by atoms with E-state index in [4.69, 9.17) is 4.74 Å². The van der Waals surface area contributed by atoms with E-state index >= 15 is 0 Å². The molecule has 1 saturated heterocycles. The van der Waals surface area contributed by atoms with E-state index in [1.807, 2.05) is 0 Å². The van der Waals surface area contributed by atoms with Gasteiger partial charge in [0.05, 0.1) is 0 Å². The minimum absolute atomic E-state index is 0.191. The van der Waals surface area contributed by atoms with Crippen LogP contribution in [-0.4, -0.2) is 39.0 Å². The first kappa shape index (κ1) is 15.2. The molecule has 1 aromatic rings. The predicted octanol–water partition coefficient (Wildman–Crippen LogP) is 1.52. The monoisotopic (exact) mass is 302 g/mol. The van der Waals surface area contributed by atoms with Crippen LogP contribution in [-0.2, 0) is 10.2 Å². The summed E-state index contributed by atoms with van der Waals surface area (Å²) < 4.78 is 45.9. The van der Waals surface area contributed by atoms with Crippen LogP contribution in [0.2, 0.25) is 0 Å². The van der Waals surface area contributed by atoms with Gasteiger partial charge >= 0.3 is 0 Å². The number of nitrogens with one attached hydrogen (secondary N) is 1. The zero-order valence-corrected chi connectivity index (χ0v) is 12.0. The van der Waals surface area contributed by atoms with Gasteiger partial charge in [-0.2, -0.15) is 17.4 Å². The Morgan fingerprint density at radius 2 is 1.80 bits per heavy atom. The smallest absolute Gasteiger partial charge is 0.279 e. The summed E-state index contributed by atoms with van der Waals surface area (Å²) in [7, 11) is -3.40. The Labute approximate surface area is 118 Å². The molecule has 1 fully saturated rings. The molecule has 7 heteroatoms. The summed E-state index contributed by atoms with van der Waals surface area (Å²) >= 11 is 0. The van der Waals surface area contributed by atoms with Gasteiger partial charge in [0.25, 0.3) is 10.2 Å². The Kier molecular flexibility index (Phi) is 5.33. The fourth-order valence-corrected chi connectivity index (χ4v) is 3.33. The van der Waals surface area contributed by atoms with Gasteiger partial charge in [-0.05, 0) is 37.1 Å². The number of rotatable bonds is 6. The Morgan fingerprint density at radius 3 is 2.45 bits per heavy atom. The second-order valence-corrected chi connectivity index (χ2v) is 6.42. The zero-order chi connectivity index (χ0) is 14.4. The van der Waals surface area contributed by atoms with Crippen LogP contribution in [0.25, 0.3) is 0 Å². The van der Waals surface area contributed by atoms with Crippen molar-refractivity contribution in [3.05, 3.63) is 30.1 Å². The first-order valence-corrected chi connectivity index (χ1v) is 8.15. The predicted molar refractivity (Wildman–Crippen MR) is 74.2 cm³/mol. The third-order valence-electron chi connectivity index (χ3n) is 3.12. The summed E-state index contributed by atoms with van der Waals surface area (Å²) in [4.78, 5) is 0. The van der Waals surface area contributed by atoms with E-state index < -0.39 is 10.2 Å². The van der Waals surface area contributed by atoms with E-state index in [1.165, 1.54) is 28.6 Å². The molecular weight excluding hydrogens is 283 g/mol. The highest BCUT2D eigenvalue weighted by Crippen LogP contribution is 2.12. The SMILES string of the molecule is O=S(=O)(NCCOc1ccc(F)cc1)N1CCCCC1. The van der Waals surface area contributed by atoms with Crippen LogP contribution < -0.4 is 9.46 Å². The van der Waals surface area contributed by atoms with Gasteiger partial charge in [-0.1, -0.05) is 6.42 Å². The number of piperidine rings is 1. The average Bonchev–Trinajstić information content (AvgIpc) is 2.46. The van der Waals surface area contributed by atoms with Gasteiger partial charge in [0.2, 0.25) is 0 Å². The van der Waals surface area contributed by atoms with E-state index in [2.05, 4.69) is 4.72 Å². The van der Waals surface area contributed by atoms with Gasteiger partial charge in [-0.15, -0.1) is 0 Å². The molecule has 0 spiro atoms. The molecule has 0 unspecified atom stereocenters. The zero-order valence-electron chi connectivity index (χ0n) is 11.2. The van der Waals surface area contributed by atoms with Crippen molar-refractivity contribution in [2.45, 2.75) is 19.3 Å². The van der Waals surface area contributed by atoms with E-state index in [-0.39, 0.29) is 19.0 Å². The van der Waals surface area contributed by atoms with Gasteiger partial charge < -0.3 is 4.74 Å². The van der Waals surface area contributed by atoms with Gasteiger partial charge in [0.15, 0.2) is 0 Å². The normalized spacial score (nSPS) is 17.1. The van der Waals surface area contributed by atoms with Crippen LogP contribution in [0.15, 0.2) is 24.3 Å². The van der Waals surface area contributed by atoms with Crippen molar-refractivity contribution in [3.8, 4) is 5.75 Å². The van der Waals surface area contributed by atoms with Gasteiger partial charge in [-0.3, -0.25) is 0 Å². The van der Waals surface area contributed by atoms with E-state index in [0.29, 0.717) is 18.8 Å². The summed E-state index contributed by atoms with van der Waals surface area (Å²) in [6.45, 7) is 1.55. The average molecular weight is 302 g/mol. The lowest BCUT2D eigenvalue weighted by molar-refractivity contribution is 0.313. The van der Waals surface area contributed by atoms with Crippen molar-refractivity contribution in [1.82, 2.24) is 9.03 Å². The van der Waals surface area contributed by atoms with Crippen molar-refractivity contribution in [2.24, 2.45) is 0 Å². The number of benzene rings is 1. The molecule has 0 atom stereocenters. The first-order chi connectivity index (χ1) is 9.58. The summed E-state index contributed by atoms with van der Waals surface area (Å²) in [5, 5.41) is 0. The molecule has 1 aliphatic rings. The van der Waals surface area contributed by atoms with Crippen LogP contribution >= 0.6 is 0 Å². The van der Waals surface area contributed by atoms with Crippen LogP contribution in [0, 0.1) is 5.82 Å². The molecule has 0 bridgehead atoms. The van der Waals surface area contributed by atoms with Gasteiger partial charge in [0, 0.05) is 19.6 Å². The Balaban J connectivity index is 1.73. The lowest BCUT2D eigenvalue weighted by atomic mass is 10.2. The standard InChI is InChI=1S/C13H19FN2O3S/c14-12-4-6-13(7-5-12)19-11-8-15-20(17,18)16-9-2-1-3-10-16/h4-7,15H,1-3,8-11H2. The maximum atomic E-state index is 12.7. The maximum absolute atomic E-state index is 12.7. The number of halogens is 1. The lowest BCUT2D eigenvalue weighted by Gasteiger charge is -2.25. The van der Waals surface area contributed by atoms with Crippen LogP contribution in [0.1, 0.15) is 19.3 Å². The fraction of sp³-hybridized carbons (Fsp3) is 0.538. The number of ether oxygens (including phenoxy) is 1. The summed E-state index contributed by atoms with van der Waals surface area (Å²) in [5.74, 6) is 0.187. The molecule has 0 aromatic heterocycles. The highest BCUT2D eigenvalue weighted by molar-refractivity contribution is 7.87. The molecule has 112 valence electrons. The molecule has 2 rings (SSSR count). The molecule has 0 aliphatic carbocycles.